The number of nitrogens with zero attached hydrogens (tertiary/aromatic N) is 3. The van der Waals surface area contributed by atoms with Gasteiger partial charge in [0.1, 0.15) is 12.2 Å². The Morgan fingerprint density at radius 1 is 1.50 bits per heavy atom. The van der Waals surface area contributed by atoms with Crippen molar-refractivity contribution in [1.82, 2.24) is 19.5 Å². The van der Waals surface area contributed by atoms with Gasteiger partial charge in [0.25, 0.3) is 0 Å². The summed E-state index contributed by atoms with van der Waals surface area (Å²) in [5.74, 6) is 0.645. The molecule has 0 aromatic carbocycles. The van der Waals surface area contributed by atoms with E-state index in [4.69, 9.17) is 0 Å². The Labute approximate surface area is 96.1 Å². The molecule has 1 rings (SSSR count). The molecule has 0 saturated carbocycles. The smallest absolute Gasteiger partial charge is 0.214 e. The van der Waals surface area contributed by atoms with Crippen LogP contribution in [-0.2, 0) is 23.1 Å². The van der Waals surface area contributed by atoms with Crippen LogP contribution in [0, 0.1) is 0 Å². The summed E-state index contributed by atoms with van der Waals surface area (Å²) in [6.45, 7) is 6.31. The van der Waals surface area contributed by atoms with Gasteiger partial charge in [0.15, 0.2) is 0 Å². The molecular formula is C9H18N4O2S. The fraction of sp³-hybridized carbons (Fsp3) is 0.778. The van der Waals surface area contributed by atoms with Crippen LogP contribution >= 0.6 is 0 Å². The van der Waals surface area contributed by atoms with Gasteiger partial charge in [-0.3, -0.25) is 0 Å². The lowest BCUT2D eigenvalue weighted by Crippen LogP contribution is -2.31. The fourth-order valence-electron chi connectivity index (χ4n) is 1.18. The summed E-state index contributed by atoms with van der Waals surface area (Å²) in [4.78, 5) is 0. The van der Waals surface area contributed by atoms with Crippen LogP contribution in [0.2, 0.25) is 0 Å². The Morgan fingerprint density at radius 3 is 2.75 bits per heavy atom. The van der Waals surface area contributed by atoms with Gasteiger partial charge in [-0.25, -0.2) is 13.1 Å². The molecule has 92 valence electrons. The second-order valence-corrected chi connectivity index (χ2v) is 6.18. The van der Waals surface area contributed by atoms with Crippen LogP contribution in [-0.4, -0.2) is 28.4 Å². The molecular weight excluding hydrogens is 228 g/mol. The summed E-state index contributed by atoms with van der Waals surface area (Å²) in [5.41, 5.74) is 0. The molecule has 7 heteroatoms. The topological polar surface area (TPSA) is 76.9 Å². The molecule has 0 aliphatic rings. The van der Waals surface area contributed by atoms with E-state index in [0.29, 0.717) is 5.82 Å². The van der Waals surface area contributed by atoms with E-state index in [-0.39, 0.29) is 6.54 Å². The molecule has 0 aliphatic carbocycles. The molecule has 0 spiro atoms. The summed E-state index contributed by atoms with van der Waals surface area (Å²) in [6, 6.07) is 0. The van der Waals surface area contributed by atoms with E-state index in [1.165, 1.54) is 0 Å². The molecule has 0 aliphatic heterocycles. The standard InChI is InChI=1S/C9H18N4O2S/c1-4-5-13-7-10-12-9(13)6-11-16(14,15)8(2)3/h7-8,11H,4-6H2,1-3H3. The van der Waals surface area contributed by atoms with E-state index in [0.717, 1.165) is 13.0 Å². The zero-order valence-corrected chi connectivity index (χ0v) is 10.7. The Kier molecular flexibility index (Phi) is 4.43. The van der Waals surface area contributed by atoms with E-state index in [9.17, 15) is 8.42 Å². The van der Waals surface area contributed by atoms with Crippen molar-refractivity contribution in [2.24, 2.45) is 0 Å². The monoisotopic (exact) mass is 246 g/mol. The second kappa shape index (κ2) is 5.40. The SMILES string of the molecule is CCCn1cnnc1CNS(=O)(=O)C(C)C. The summed E-state index contributed by atoms with van der Waals surface area (Å²) < 4.78 is 27.4. The second-order valence-electron chi connectivity index (χ2n) is 3.86. The van der Waals surface area contributed by atoms with Crippen molar-refractivity contribution in [1.29, 1.82) is 0 Å². The minimum Gasteiger partial charge on any atom is -0.316 e. The van der Waals surface area contributed by atoms with Crippen molar-refractivity contribution in [3.05, 3.63) is 12.2 Å². The van der Waals surface area contributed by atoms with E-state index in [1.54, 1.807) is 20.2 Å². The van der Waals surface area contributed by atoms with Crippen LogP contribution in [0.5, 0.6) is 0 Å². The molecule has 0 fully saturated rings. The largest absolute Gasteiger partial charge is 0.316 e. The number of aromatic nitrogens is 3. The highest BCUT2D eigenvalue weighted by atomic mass is 32.2. The molecule has 0 atom stereocenters. The van der Waals surface area contributed by atoms with Gasteiger partial charge in [0.2, 0.25) is 10.0 Å². The maximum Gasteiger partial charge on any atom is 0.214 e. The predicted molar refractivity (Wildman–Crippen MR) is 61.2 cm³/mol. The number of nitrogens with one attached hydrogen (secondary N) is 1. The molecule has 1 N–H and O–H groups in total. The van der Waals surface area contributed by atoms with Gasteiger partial charge in [-0.1, -0.05) is 6.92 Å². The summed E-state index contributed by atoms with van der Waals surface area (Å²) in [6.07, 6.45) is 2.57. The van der Waals surface area contributed by atoms with E-state index >= 15 is 0 Å². The highest BCUT2D eigenvalue weighted by Gasteiger charge is 2.16. The Morgan fingerprint density at radius 2 is 2.19 bits per heavy atom. The van der Waals surface area contributed by atoms with Gasteiger partial charge in [0.05, 0.1) is 11.8 Å². The zero-order valence-electron chi connectivity index (χ0n) is 9.84. The van der Waals surface area contributed by atoms with Gasteiger partial charge in [0, 0.05) is 6.54 Å². The minimum atomic E-state index is -3.24. The van der Waals surface area contributed by atoms with Crippen molar-refractivity contribution < 1.29 is 8.42 Å². The lowest BCUT2D eigenvalue weighted by atomic mass is 10.4. The van der Waals surface area contributed by atoms with Crippen molar-refractivity contribution in [2.75, 3.05) is 0 Å². The fourth-order valence-corrected chi connectivity index (χ4v) is 1.84. The first-order valence-electron chi connectivity index (χ1n) is 5.32. The molecule has 16 heavy (non-hydrogen) atoms. The van der Waals surface area contributed by atoms with Crippen LogP contribution in [0.25, 0.3) is 0 Å². The number of aryl methyl sites for hydroxylation is 1. The maximum atomic E-state index is 11.5. The Bertz CT molecular complexity index is 424. The van der Waals surface area contributed by atoms with Crippen LogP contribution < -0.4 is 4.72 Å². The van der Waals surface area contributed by atoms with Crippen molar-refractivity contribution in [3.63, 3.8) is 0 Å². The average Bonchev–Trinajstić information content (AvgIpc) is 2.63. The molecule has 6 nitrogen and oxygen atoms in total. The van der Waals surface area contributed by atoms with Crippen molar-refractivity contribution in [3.8, 4) is 0 Å². The van der Waals surface area contributed by atoms with Crippen molar-refractivity contribution in [2.45, 2.75) is 45.5 Å². The third-order valence-electron chi connectivity index (χ3n) is 2.21. The summed E-state index contributed by atoms with van der Waals surface area (Å²) in [5, 5.41) is 7.21. The summed E-state index contributed by atoms with van der Waals surface area (Å²) in [7, 11) is -3.24. The molecule has 0 bridgehead atoms. The highest BCUT2D eigenvalue weighted by molar-refractivity contribution is 7.90. The minimum absolute atomic E-state index is 0.195. The first-order chi connectivity index (χ1) is 7.47. The van der Waals surface area contributed by atoms with Crippen LogP contribution in [0.15, 0.2) is 6.33 Å². The first-order valence-corrected chi connectivity index (χ1v) is 6.87. The van der Waals surface area contributed by atoms with Gasteiger partial charge in [-0.15, -0.1) is 10.2 Å². The zero-order chi connectivity index (χ0) is 12.2. The Hall–Kier alpha value is -0.950. The average molecular weight is 246 g/mol. The predicted octanol–water partition coefficient (Wildman–Crippen LogP) is 0.516. The van der Waals surface area contributed by atoms with Gasteiger partial charge in [-0.2, -0.15) is 0 Å². The number of rotatable bonds is 6. The molecule has 0 radical (unpaired) electrons. The molecule has 1 heterocycles. The number of hydrogen-bond donors (Lipinski definition) is 1. The van der Waals surface area contributed by atoms with Gasteiger partial charge >= 0.3 is 0 Å². The van der Waals surface area contributed by atoms with Crippen LogP contribution in [0.1, 0.15) is 33.0 Å². The number of hydrogen-bond acceptors (Lipinski definition) is 4. The van der Waals surface area contributed by atoms with E-state index < -0.39 is 15.3 Å². The van der Waals surface area contributed by atoms with Crippen LogP contribution in [0.4, 0.5) is 0 Å². The van der Waals surface area contributed by atoms with Crippen molar-refractivity contribution >= 4 is 10.0 Å². The third-order valence-corrected chi connectivity index (χ3v) is 4.00. The third kappa shape index (κ3) is 3.28. The normalized spacial score (nSPS) is 12.2. The molecule has 1 aromatic heterocycles. The highest BCUT2D eigenvalue weighted by Crippen LogP contribution is 2.00. The number of sulfonamides is 1. The molecule has 0 unspecified atom stereocenters. The van der Waals surface area contributed by atoms with Crippen LogP contribution in [0.3, 0.4) is 0 Å². The summed E-state index contributed by atoms with van der Waals surface area (Å²) >= 11 is 0. The van der Waals surface area contributed by atoms with E-state index in [2.05, 4.69) is 14.9 Å². The Balaban J connectivity index is 2.64. The molecule has 0 saturated heterocycles. The lowest BCUT2D eigenvalue weighted by molar-refractivity contribution is 0.563. The van der Waals surface area contributed by atoms with Gasteiger partial charge < -0.3 is 4.57 Å². The van der Waals surface area contributed by atoms with E-state index in [1.807, 2.05) is 11.5 Å². The molecule has 0 amide bonds. The first kappa shape index (κ1) is 13.1. The molecule has 1 aromatic rings. The maximum absolute atomic E-state index is 11.5. The van der Waals surface area contributed by atoms with Gasteiger partial charge in [-0.05, 0) is 20.3 Å². The lowest BCUT2D eigenvalue weighted by Gasteiger charge is -2.09. The quantitative estimate of drug-likeness (QED) is 0.793.